The third-order valence-electron chi connectivity index (χ3n) is 4.81. The number of piperidine rings is 1. The van der Waals surface area contributed by atoms with E-state index in [0.29, 0.717) is 17.6 Å². The molecule has 0 radical (unpaired) electrons. The van der Waals surface area contributed by atoms with Crippen LogP contribution in [0.25, 0.3) is 0 Å². The van der Waals surface area contributed by atoms with E-state index in [9.17, 15) is 28.1 Å². The van der Waals surface area contributed by atoms with Crippen LogP contribution in [0.2, 0.25) is 0 Å². The number of hydrogen-bond donors (Lipinski definition) is 1. The van der Waals surface area contributed by atoms with Gasteiger partial charge in [0.15, 0.2) is 6.61 Å². The third kappa shape index (κ3) is 5.69. The summed E-state index contributed by atoms with van der Waals surface area (Å²) in [6, 6.07) is 9.17. The topological polar surface area (TPSA) is 136 Å². The molecule has 0 aromatic heterocycles. The van der Waals surface area contributed by atoms with Crippen LogP contribution < -0.4 is 5.32 Å². The molecule has 2 aromatic rings. The van der Waals surface area contributed by atoms with Gasteiger partial charge in [-0.2, -0.15) is 4.31 Å². The van der Waals surface area contributed by atoms with Gasteiger partial charge in [0.2, 0.25) is 10.0 Å². The van der Waals surface area contributed by atoms with Gasteiger partial charge >= 0.3 is 5.97 Å². The lowest BCUT2D eigenvalue weighted by Crippen LogP contribution is -2.35. The number of carbonyl (C=O) groups excluding carboxylic acids is 2. The van der Waals surface area contributed by atoms with Crippen LogP contribution in [0, 0.1) is 10.1 Å². The van der Waals surface area contributed by atoms with Crippen molar-refractivity contribution in [3.05, 3.63) is 62.6 Å². The lowest BCUT2D eigenvalue weighted by Gasteiger charge is -2.25. The molecule has 0 atom stereocenters. The van der Waals surface area contributed by atoms with Crippen molar-refractivity contribution in [2.75, 3.05) is 25.0 Å². The molecule has 1 fully saturated rings. The minimum Gasteiger partial charge on any atom is -0.452 e. The van der Waals surface area contributed by atoms with Crippen LogP contribution in [0.15, 0.2) is 51.8 Å². The Morgan fingerprint density at radius 2 is 1.75 bits per heavy atom. The molecule has 1 amide bonds. The van der Waals surface area contributed by atoms with E-state index >= 15 is 0 Å². The third-order valence-corrected chi connectivity index (χ3v) is 7.38. The quantitative estimate of drug-likeness (QED) is 0.332. The van der Waals surface area contributed by atoms with Crippen molar-refractivity contribution < 1.29 is 27.7 Å². The van der Waals surface area contributed by atoms with Crippen molar-refractivity contribution >= 4 is 49.2 Å². The Labute approximate surface area is 192 Å². The molecular formula is C20H20BrN3O7S. The second kappa shape index (κ2) is 10.2. The number of ether oxygens (including phenoxy) is 1. The highest BCUT2D eigenvalue weighted by molar-refractivity contribution is 9.10. The van der Waals surface area contributed by atoms with E-state index in [1.165, 1.54) is 46.8 Å². The van der Waals surface area contributed by atoms with Gasteiger partial charge in [0.1, 0.15) is 0 Å². The van der Waals surface area contributed by atoms with Crippen molar-refractivity contribution in [2.45, 2.75) is 24.2 Å². The Kier molecular flexibility index (Phi) is 7.59. The number of anilines is 1. The summed E-state index contributed by atoms with van der Waals surface area (Å²) in [5.41, 5.74) is 0.239. The summed E-state index contributed by atoms with van der Waals surface area (Å²) in [6.45, 7) is 0.369. The minimum atomic E-state index is -3.61. The predicted octanol–water partition coefficient (Wildman–Crippen LogP) is 3.33. The first kappa shape index (κ1) is 23.8. The Morgan fingerprint density at radius 3 is 2.34 bits per heavy atom. The van der Waals surface area contributed by atoms with Crippen LogP contribution >= 0.6 is 15.9 Å². The molecule has 1 heterocycles. The van der Waals surface area contributed by atoms with E-state index < -0.39 is 33.4 Å². The maximum absolute atomic E-state index is 12.7. The van der Waals surface area contributed by atoms with E-state index in [-0.39, 0.29) is 21.8 Å². The Hall–Kier alpha value is -2.83. The molecule has 3 rings (SSSR count). The SMILES string of the molecule is O=C(COC(=O)c1ccc(S(=O)(=O)N2CCCCC2)cc1)Nc1ccc([N+](=O)[O-])cc1Br. The van der Waals surface area contributed by atoms with E-state index in [0.717, 1.165) is 19.3 Å². The number of amides is 1. The number of esters is 1. The van der Waals surface area contributed by atoms with Crippen molar-refractivity contribution in [3.63, 3.8) is 0 Å². The highest BCUT2D eigenvalue weighted by atomic mass is 79.9. The standard InChI is InChI=1S/C20H20BrN3O7S/c21-17-12-15(24(27)28)6-9-18(17)22-19(25)13-31-20(26)14-4-7-16(8-5-14)32(29,30)23-10-2-1-3-11-23/h4-9,12H,1-3,10-11,13H2,(H,22,25). The fraction of sp³-hybridized carbons (Fsp3) is 0.300. The molecule has 10 nitrogen and oxygen atoms in total. The molecule has 0 aliphatic carbocycles. The number of nitrogens with one attached hydrogen (secondary N) is 1. The van der Waals surface area contributed by atoms with Gasteiger partial charge in [-0.1, -0.05) is 6.42 Å². The largest absolute Gasteiger partial charge is 0.452 e. The average molecular weight is 526 g/mol. The fourth-order valence-electron chi connectivity index (χ4n) is 3.14. The summed E-state index contributed by atoms with van der Waals surface area (Å²) in [5, 5.41) is 13.2. The number of carbonyl (C=O) groups is 2. The smallest absolute Gasteiger partial charge is 0.338 e. The van der Waals surface area contributed by atoms with Gasteiger partial charge in [-0.05, 0) is 59.1 Å². The molecule has 12 heteroatoms. The van der Waals surface area contributed by atoms with Crippen molar-refractivity contribution in [1.29, 1.82) is 0 Å². The van der Waals surface area contributed by atoms with E-state index in [4.69, 9.17) is 4.74 Å². The van der Waals surface area contributed by atoms with Crippen molar-refractivity contribution in [1.82, 2.24) is 4.31 Å². The number of hydrogen-bond acceptors (Lipinski definition) is 7. The summed E-state index contributed by atoms with van der Waals surface area (Å²) in [4.78, 5) is 34.5. The summed E-state index contributed by atoms with van der Waals surface area (Å²) < 4.78 is 32.0. The second-order valence-corrected chi connectivity index (χ2v) is 9.83. The Morgan fingerprint density at radius 1 is 1.09 bits per heavy atom. The summed E-state index contributed by atoms with van der Waals surface area (Å²) >= 11 is 3.13. The highest BCUT2D eigenvalue weighted by Gasteiger charge is 2.26. The van der Waals surface area contributed by atoms with Crippen molar-refractivity contribution in [2.24, 2.45) is 0 Å². The Bertz CT molecular complexity index is 1130. The number of nitrogens with zero attached hydrogens (tertiary/aromatic N) is 2. The van der Waals surface area contributed by atoms with Crippen LogP contribution in [0.5, 0.6) is 0 Å². The first-order valence-corrected chi connectivity index (χ1v) is 11.9. The molecular weight excluding hydrogens is 506 g/mol. The summed E-state index contributed by atoms with van der Waals surface area (Å²) in [5.74, 6) is -1.43. The van der Waals surface area contributed by atoms with Gasteiger partial charge < -0.3 is 10.1 Å². The molecule has 0 unspecified atom stereocenters. The molecule has 0 spiro atoms. The van der Waals surface area contributed by atoms with Crippen LogP contribution in [0.1, 0.15) is 29.6 Å². The number of non-ortho nitro benzene ring substituents is 1. The molecule has 1 saturated heterocycles. The molecule has 32 heavy (non-hydrogen) atoms. The van der Waals surface area contributed by atoms with Crippen LogP contribution in [0.3, 0.4) is 0 Å². The normalized spacial score (nSPS) is 14.5. The number of nitro groups is 1. The minimum absolute atomic E-state index is 0.0942. The van der Waals surface area contributed by atoms with E-state index in [1.807, 2.05) is 0 Å². The number of nitro benzene ring substituents is 1. The maximum Gasteiger partial charge on any atom is 0.338 e. The molecule has 1 N–H and O–H groups in total. The first-order chi connectivity index (χ1) is 15.2. The van der Waals surface area contributed by atoms with E-state index in [2.05, 4.69) is 21.2 Å². The fourth-order valence-corrected chi connectivity index (χ4v) is 5.12. The Balaban J connectivity index is 1.57. The van der Waals surface area contributed by atoms with Gasteiger partial charge in [0.25, 0.3) is 11.6 Å². The predicted molar refractivity (Wildman–Crippen MR) is 119 cm³/mol. The number of rotatable bonds is 7. The van der Waals surface area contributed by atoms with E-state index in [1.54, 1.807) is 0 Å². The van der Waals surface area contributed by atoms with Crippen LogP contribution in [-0.2, 0) is 19.6 Å². The monoisotopic (exact) mass is 525 g/mol. The second-order valence-electron chi connectivity index (χ2n) is 7.03. The molecule has 2 aromatic carbocycles. The van der Waals surface area contributed by atoms with Gasteiger partial charge in [0.05, 0.1) is 21.1 Å². The molecule has 1 aliphatic rings. The zero-order valence-corrected chi connectivity index (χ0v) is 19.2. The zero-order chi connectivity index (χ0) is 23.3. The molecule has 0 bridgehead atoms. The van der Waals surface area contributed by atoms with Crippen molar-refractivity contribution in [3.8, 4) is 0 Å². The lowest BCUT2D eigenvalue weighted by atomic mass is 10.2. The summed E-state index contributed by atoms with van der Waals surface area (Å²) in [7, 11) is -3.61. The lowest BCUT2D eigenvalue weighted by molar-refractivity contribution is -0.384. The molecule has 1 aliphatic heterocycles. The first-order valence-electron chi connectivity index (χ1n) is 9.69. The zero-order valence-electron chi connectivity index (χ0n) is 16.8. The number of sulfonamides is 1. The van der Waals surface area contributed by atoms with Crippen LogP contribution in [0.4, 0.5) is 11.4 Å². The van der Waals surface area contributed by atoms with Crippen LogP contribution in [-0.4, -0.2) is 49.2 Å². The van der Waals surface area contributed by atoms with Gasteiger partial charge in [-0.3, -0.25) is 14.9 Å². The molecule has 170 valence electrons. The van der Waals surface area contributed by atoms with Gasteiger partial charge in [0, 0.05) is 29.7 Å². The number of benzene rings is 2. The molecule has 0 saturated carbocycles. The highest BCUT2D eigenvalue weighted by Crippen LogP contribution is 2.27. The van der Waals surface area contributed by atoms with Gasteiger partial charge in [-0.25, -0.2) is 13.2 Å². The average Bonchev–Trinajstić information content (AvgIpc) is 2.79. The maximum atomic E-state index is 12.7. The van der Waals surface area contributed by atoms with Gasteiger partial charge in [-0.15, -0.1) is 0 Å². The number of halogens is 1. The summed E-state index contributed by atoms with van der Waals surface area (Å²) in [6.07, 6.45) is 2.65.